The molecule has 0 aliphatic carbocycles. The lowest BCUT2D eigenvalue weighted by molar-refractivity contribution is -0.119. The number of aromatic hydroxyl groups is 1. The number of fused-ring (bicyclic) bond motifs is 1. The molecule has 6 nitrogen and oxygen atoms in total. The van der Waals surface area contributed by atoms with E-state index in [1.807, 2.05) is 0 Å². The van der Waals surface area contributed by atoms with E-state index >= 15 is 0 Å². The van der Waals surface area contributed by atoms with E-state index in [1.54, 1.807) is 42.5 Å². The van der Waals surface area contributed by atoms with Gasteiger partial charge in [0.15, 0.2) is 5.78 Å². The van der Waals surface area contributed by atoms with E-state index in [2.05, 4.69) is 21.2 Å². The Hall–Kier alpha value is -2.93. The van der Waals surface area contributed by atoms with Gasteiger partial charge in [0, 0.05) is 17.0 Å². The number of hydrogen-bond donors (Lipinski definition) is 2. The molecule has 0 fully saturated rings. The van der Waals surface area contributed by atoms with Crippen molar-refractivity contribution in [1.82, 2.24) is 5.32 Å². The minimum atomic E-state index is -1.37. The SMILES string of the molecule is CC(=O)N[C@H](C(=O)c1ccc(Br)cc1)c1c(O)c2ccccc2oc1=O. The third-order valence-corrected chi connectivity index (χ3v) is 4.38. The average Bonchev–Trinajstić information content (AvgIpc) is 2.60. The van der Waals surface area contributed by atoms with Crippen molar-refractivity contribution in [3.05, 3.63) is 74.6 Å². The van der Waals surface area contributed by atoms with Crippen molar-refractivity contribution in [2.45, 2.75) is 13.0 Å². The van der Waals surface area contributed by atoms with Crippen LogP contribution in [-0.2, 0) is 4.79 Å². The summed E-state index contributed by atoms with van der Waals surface area (Å²) in [6.45, 7) is 1.22. The van der Waals surface area contributed by atoms with E-state index in [4.69, 9.17) is 4.42 Å². The maximum atomic E-state index is 12.9. The van der Waals surface area contributed by atoms with Gasteiger partial charge in [0.1, 0.15) is 22.9 Å². The second-order valence-corrected chi connectivity index (χ2v) is 6.57. The third kappa shape index (κ3) is 3.39. The Morgan fingerprint density at radius 3 is 2.42 bits per heavy atom. The number of benzene rings is 2. The van der Waals surface area contributed by atoms with Gasteiger partial charge in [0.2, 0.25) is 5.91 Å². The van der Waals surface area contributed by atoms with Crippen molar-refractivity contribution >= 4 is 38.6 Å². The fourth-order valence-electron chi connectivity index (χ4n) is 2.66. The number of ketones is 1. The van der Waals surface area contributed by atoms with Crippen LogP contribution in [0.5, 0.6) is 5.75 Å². The molecule has 3 rings (SSSR count). The van der Waals surface area contributed by atoms with Gasteiger partial charge >= 0.3 is 5.63 Å². The predicted molar refractivity (Wildman–Crippen MR) is 99.2 cm³/mol. The summed E-state index contributed by atoms with van der Waals surface area (Å²) < 4.78 is 5.99. The van der Waals surface area contributed by atoms with E-state index < -0.39 is 23.4 Å². The molecular formula is C19H14BrNO5. The molecule has 0 bridgehead atoms. The van der Waals surface area contributed by atoms with E-state index in [-0.39, 0.29) is 27.8 Å². The monoisotopic (exact) mass is 415 g/mol. The molecule has 0 radical (unpaired) electrons. The van der Waals surface area contributed by atoms with Crippen LogP contribution in [-0.4, -0.2) is 16.8 Å². The number of carbonyl (C=O) groups excluding carboxylic acids is 2. The molecule has 2 aromatic carbocycles. The molecular weight excluding hydrogens is 402 g/mol. The molecule has 0 saturated carbocycles. The van der Waals surface area contributed by atoms with Crippen LogP contribution in [0.1, 0.15) is 28.9 Å². The fraction of sp³-hybridized carbons (Fsp3) is 0.105. The molecule has 1 atom stereocenters. The summed E-state index contributed by atoms with van der Waals surface area (Å²) in [7, 11) is 0. The molecule has 2 N–H and O–H groups in total. The summed E-state index contributed by atoms with van der Waals surface area (Å²) in [6, 6.07) is 11.5. The van der Waals surface area contributed by atoms with Crippen molar-refractivity contribution < 1.29 is 19.1 Å². The largest absolute Gasteiger partial charge is 0.507 e. The maximum absolute atomic E-state index is 12.9. The number of carbonyl (C=O) groups is 2. The van der Waals surface area contributed by atoms with Crippen molar-refractivity contribution in [2.24, 2.45) is 0 Å². The van der Waals surface area contributed by atoms with Gasteiger partial charge in [-0.2, -0.15) is 0 Å². The number of rotatable bonds is 4. The quantitative estimate of drug-likeness (QED) is 0.503. The highest BCUT2D eigenvalue weighted by molar-refractivity contribution is 9.10. The Morgan fingerprint density at radius 1 is 1.12 bits per heavy atom. The van der Waals surface area contributed by atoms with Gasteiger partial charge in [-0.3, -0.25) is 9.59 Å². The Kier molecular flexibility index (Phi) is 4.90. The normalized spacial score (nSPS) is 11.9. The molecule has 1 aromatic heterocycles. The zero-order valence-electron chi connectivity index (χ0n) is 13.7. The molecule has 0 unspecified atom stereocenters. The Bertz CT molecular complexity index is 1060. The fourth-order valence-corrected chi connectivity index (χ4v) is 2.92. The summed E-state index contributed by atoms with van der Waals surface area (Å²) in [5.41, 5.74) is -0.715. The van der Waals surface area contributed by atoms with Crippen LogP contribution in [0.15, 0.2) is 62.2 Å². The highest BCUT2D eigenvalue weighted by Crippen LogP contribution is 2.31. The highest BCUT2D eigenvalue weighted by Gasteiger charge is 2.30. The van der Waals surface area contributed by atoms with Gasteiger partial charge in [0.25, 0.3) is 0 Å². The number of nitrogens with one attached hydrogen (secondary N) is 1. The van der Waals surface area contributed by atoms with Crippen molar-refractivity contribution in [3.8, 4) is 5.75 Å². The summed E-state index contributed by atoms with van der Waals surface area (Å²) in [4.78, 5) is 37.0. The predicted octanol–water partition coefficient (Wildman–Crippen LogP) is 3.32. The number of amides is 1. The van der Waals surface area contributed by atoms with E-state index in [0.717, 1.165) is 4.47 Å². The molecule has 3 aromatic rings. The van der Waals surface area contributed by atoms with Crippen molar-refractivity contribution in [1.29, 1.82) is 0 Å². The van der Waals surface area contributed by atoms with Gasteiger partial charge < -0.3 is 14.8 Å². The third-order valence-electron chi connectivity index (χ3n) is 3.85. The van der Waals surface area contributed by atoms with E-state index in [0.29, 0.717) is 0 Å². The first-order valence-electron chi connectivity index (χ1n) is 7.70. The zero-order valence-corrected chi connectivity index (χ0v) is 15.2. The van der Waals surface area contributed by atoms with Crippen LogP contribution in [0.3, 0.4) is 0 Å². The minimum Gasteiger partial charge on any atom is -0.507 e. The van der Waals surface area contributed by atoms with Crippen LogP contribution >= 0.6 is 15.9 Å². The van der Waals surface area contributed by atoms with Crippen molar-refractivity contribution in [3.63, 3.8) is 0 Å². The molecule has 0 saturated heterocycles. The number of hydrogen-bond acceptors (Lipinski definition) is 5. The van der Waals surface area contributed by atoms with Crippen LogP contribution in [0.4, 0.5) is 0 Å². The maximum Gasteiger partial charge on any atom is 0.345 e. The molecule has 0 aliphatic heterocycles. The van der Waals surface area contributed by atoms with Gasteiger partial charge in [-0.1, -0.05) is 40.2 Å². The molecule has 0 spiro atoms. The standard InChI is InChI=1S/C19H14BrNO5/c1-10(22)21-16(17(23)11-6-8-12(20)9-7-11)15-18(24)13-4-2-3-5-14(13)26-19(15)25/h2-9,16,24H,1H3,(H,21,22)/t16-/m0/s1. The second kappa shape index (κ2) is 7.13. The summed E-state index contributed by atoms with van der Waals surface area (Å²) >= 11 is 3.28. The molecule has 1 heterocycles. The lowest BCUT2D eigenvalue weighted by Gasteiger charge is -2.18. The molecule has 132 valence electrons. The van der Waals surface area contributed by atoms with Crippen LogP contribution in [0.2, 0.25) is 0 Å². The van der Waals surface area contributed by atoms with Crippen LogP contribution in [0, 0.1) is 0 Å². The summed E-state index contributed by atoms with van der Waals surface area (Å²) in [5, 5.41) is 13.3. The lowest BCUT2D eigenvalue weighted by Crippen LogP contribution is -2.35. The van der Waals surface area contributed by atoms with Gasteiger partial charge in [0.05, 0.1) is 5.39 Å². The van der Waals surface area contributed by atoms with Gasteiger partial charge in [-0.25, -0.2) is 4.79 Å². The molecule has 26 heavy (non-hydrogen) atoms. The van der Waals surface area contributed by atoms with E-state index in [9.17, 15) is 19.5 Å². The Balaban J connectivity index is 2.18. The second-order valence-electron chi connectivity index (χ2n) is 5.65. The first-order chi connectivity index (χ1) is 12.4. The molecule has 0 aliphatic rings. The zero-order chi connectivity index (χ0) is 18.8. The Labute approximate surface area is 156 Å². The van der Waals surface area contributed by atoms with E-state index in [1.165, 1.54) is 13.0 Å². The number of halogens is 1. The van der Waals surface area contributed by atoms with Crippen LogP contribution < -0.4 is 10.9 Å². The molecule has 7 heteroatoms. The van der Waals surface area contributed by atoms with Gasteiger partial charge in [-0.15, -0.1) is 0 Å². The average molecular weight is 416 g/mol. The smallest absolute Gasteiger partial charge is 0.345 e. The van der Waals surface area contributed by atoms with Crippen LogP contribution in [0.25, 0.3) is 11.0 Å². The highest BCUT2D eigenvalue weighted by atomic mass is 79.9. The molecule has 1 amide bonds. The minimum absolute atomic E-state index is 0.191. The lowest BCUT2D eigenvalue weighted by atomic mass is 9.96. The van der Waals surface area contributed by atoms with Crippen molar-refractivity contribution in [2.75, 3.05) is 0 Å². The Morgan fingerprint density at radius 2 is 1.77 bits per heavy atom. The van der Waals surface area contributed by atoms with Gasteiger partial charge in [-0.05, 0) is 24.3 Å². The number of para-hydroxylation sites is 1. The topological polar surface area (TPSA) is 96.6 Å². The first-order valence-corrected chi connectivity index (χ1v) is 8.49. The summed E-state index contributed by atoms with van der Waals surface area (Å²) in [6.07, 6.45) is 0. The summed E-state index contributed by atoms with van der Waals surface area (Å²) in [5.74, 6) is -1.45. The number of Topliss-reactive ketones (excluding diaryl/α,β-unsaturated/α-hetero) is 1. The first kappa shape index (κ1) is 17.9.